The van der Waals surface area contributed by atoms with Gasteiger partial charge in [0.1, 0.15) is 17.0 Å². The van der Waals surface area contributed by atoms with Gasteiger partial charge in [-0.2, -0.15) is 0 Å². The molecule has 0 fully saturated rings. The minimum atomic E-state index is 0. The number of hydrogen-bond acceptors (Lipinski definition) is 6. The third-order valence-electron chi connectivity index (χ3n) is 3.55. The van der Waals surface area contributed by atoms with E-state index >= 15 is 0 Å². The van der Waals surface area contributed by atoms with Crippen LogP contribution in [0.15, 0.2) is 42.5 Å². The van der Waals surface area contributed by atoms with Gasteiger partial charge in [0.05, 0.1) is 24.5 Å². The average molecular weight is 436 g/mol. The highest BCUT2D eigenvalue weighted by Crippen LogP contribution is 2.32. The van der Waals surface area contributed by atoms with Crippen molar-refractivity contribution in [1.82, 2.24) is 4.98 Å². The minimum Gasteiger partial charge on any atom is -1.00 e. The van der Waals surface area contributed by atoms with Crippen LogP contribution in [0.3, 0.4) is 0 Å². The lowest BCUT2D eigenvalue weighted by Gasteiger charge is -2.09. The van der Waals surface area contributed by atoms with Crippen LogP contribution in [-0.4, -0.2) is 30.5 Å². The Morgan fingerprint density at radius 3 is 2.58 bits per heavy atom. The van der Waals surface area contributed by atoms with E-state index in [-0.39, 0.29) is 35.4 Å². The number of methoxy groups -OCH3 is 1. The summed E-state index contributed by atoms with van der Waals surface area (Å²) in [6.07, 6.45) is 0.110. The summed E-state index contributed by atoms with van der Waals surface area (Å²) in [7, 11) is 1.62. The fourth-order valence-corrected chi connectivity index (χ4v) is 3.29. The summed E-state index contributed by atoms with van der Waals surface area (Å²) in [5.74, 6) is 1.49. The Hall–Kier alpha value is -2.12. The summed E-state index contributed by atoms with van der Waals surface area (Å²) >= 11 is 1.50. The van der Waals surface area contributed by atoms with Crippen molar-refractivity contribution in [2.45, 2.75) is 20.0 Å². The second kappa shape index (κ2) is 9.00. The molecule has 0 atom stereocenters. The fourth-order valence-electron chi connectivity index (χ4n) is 2.41. The van der Waals surface area contributed by atoms with E-state index in [9.17, 15) is 4.79 Å². The first-order valence-corrected chi connectivity index (χ1v) is 8.86. The van der Waals surface area contributed by atoms with Crippen LogP contribution in [0.2, 0.25) is 0 Å². The number of Topliss-reactive ketones (excluding diaryl/α,β-unsaturated/α-hetero) is 1. The number of rotatable bonds is 7. The highest BCUT2D eigenvalue weighted by molar-refractivity contribution is 7.22. The number of nitrogens with zero attached hydrogens (tertiary/aromatic N) is 1. The van der Waals surface area contributed by atoms with Crippen molar-refractivity contribution < 1.29 is 31.2 Å². The topological polar surface area (TPSA) is 60.5 Å². The number of fused-ring (bicyclic) bond motifs is 1. The number of benzene rings is 2. The van der Waals surface area contributed by atoms with E-state index in [2.05, 4.69) is 10.3 Å². The second-order valence-corrected chi connectivity index (χ2v) is 6.82. The summed E-state index contributed by atoms with van der Waals surface area (Å²) in [5.41, 5.74) is 1.45. The molecule has 0 aliphatic rings. The first-order chi connectivity index (χ1) is 12.1. The van der Waals surface area contributed by atoms with E-state index in [4.69, 9.17) is 9.47 Å². The van der Waals surface area contributed by atoms with Crippen molar-refractivity contribution >= 4 is 32.5 Å². The number of ketones is 1. The number of ether oxygens (including phenoxy) is 2. The third-order valence-corrected chi connectivity index (χ3v) is 4.53. The van der Waals surface area contributed by atoms with Crippen LogP contribution in [0.1, 0.15) is 24.2 Å². The first kappa shape index (κ1) is 20.2. The van der Waals surface area contributed by atoms with Crippen LogP contribution in [0.4, 0.5) is 5.13 Å². The molecule has 0 amide bonds. The molecule has 0 saturated heterocycles. The van der Waals surface area contributed by atoms with Gasteiger partial charge in [-0.25, -0.2) is 4.98 Å². The zero-order valence-corrected chi connectivity index (χ0v) is 17.2. The molecule has 1 N–H and O–H groups in total. The van der Waals surface area contributed by atoms with Gasteiger partial charge in [-0.15, -0.1) is 0 Å². The number of hydrogen-bond donors (Lipinski definition) is 1. The maximum absolute atomic E-state index is 12.3. The number of carbonyl (C=O) groups is 1. The molecule has 1 heterocycles. The maximum Gasteiger partial charge on any atom is 0.184 e. The Morgan fingerprint density at radius 2 is 1.92 bits per heavy atom. The van der Waals surface area contributed by atoms with Crippen molar-refractivity contribution in [1.29, 1.82) is 0 Å². The number of aromatic nitrogens is 1. The molecular formula is C19H20BrN2O3S-. The summed E-state index contributed by atoms with van der Waals surface area (Å²) in [4.78, 5) is 16.8. The summed E-state index contributed by atoms with van der Waals surface area (Å²) < 4.78 is 11.9. The van der Waals surface area contributed by atoms with Crippen molar-refractivity contribution in [3.8, 4) is 11.5 Å². The van der Waals surface area contributed by atoms with Gasteiger partial charge >= 0.3 is 0 Å². The summed E-state index contributed by atoms with van der Waals surface area (Å²) in [5, 5.41) is 3.80. The Kier molecular flexibility index (Phi) is 6.99. The average Bonchev–Trinajstić information content (AvgIpc) is 3.02. The Labute approximate surface area is 167 Å². The lowest BCUT2D eigenvalue weighted by atomic mass is 10.1. The Bertz CT molecular complexity index is 878. The number of carbonyl (C=O) groups excluding carboxylic acids is 1. The molecule has 7 heteroatoms. The highest BCUT2D eigenvalue weighted by atomic mass is 79.9. The van der Waals surface area contributed by atoms with Gasteiger partial charge in [0.15, 0.2) is 10.9 Å². The van der Waals surface area contributed by atoms with Crippen molar-refractivity contribution in [3.63, 3.8) is 0 Å². The van der Waals surface area contributed by atoms with E-state index in [1.165, 1.54) is 11.3 Å². The van der Waals surface area contributed by atoms with Gasteiger partial charge in [-0.05, 0) is 50.2 Å². The van der Waals surface area contributed by atoms with Crippen molar-refractivity contribution in [2.24, 2.45) is 0 Å². The van der Waals surface area contributed by atoms with Gasteiger partial charge < -0.3 is 31.8 Å². The molecule has 0 unspecified atom stereocenters. The van der Waals surface area contributed by atoms with E-state index in [1.807, 2.05) is 44.2 Å². The molecule has 2 aromatic carbocycles. The fraction of sp³-hybridized carbons (Fsp3) is 0.263. The van der Waals surface area contributed by atoms with Gasteiger partial charge in [0.2, 0.25) is 0 Å². The van der Waals surface area contributed by atoms with E-state index in [1.54, 1.807) is 19.2 Å². The van der Waals surface area contributed by atoms with Crippen LogP contribution in [-0.2, 0) is 0 Å². The number of halogens is 1. The molecule has 26 heavy (non-hydrogen) atoms. The van der Waals surface area contributed by atoms with Gasteiger partial charge in [0.25, 0.3) is 0 Å². The number of thiazole rings is 1. The molecule has 0 bridgehead atoms. The van der Waals surface area contributed by atoms with Crippen LogP contribution >= 0.6 is 11.3 Å². The number of nitrogens with one attached hydrogen (secondary N) is 1. The molecule has 3 aromatic rings. The van der Waals surface area contributed by atoms with Crippen LogP contribution in [0.25, 0.3) is 10.2 Å². The standard InChI is InChI=1S/C19H20N2O3S.BrH/c1-12(2)24-14-9-7-13(8-10-14)15(22)11-20-19-21-18-16(23-3)5-4-6-17(18)25-19;/h4-10,12H,11H2,1-3H3,(H,20,21);1H/p-1. The Balaban J connectivity index is 0.00000243. The first-order valence-electron chi connectivity index (χ1n) is 8.04. The smallest absolute Gasteiger partial charge is 0.184 e. The predicted octanol–water partition coefficient (Wildman–Crippen LogP) is 1.39. The lowest BCUT2D eigenvalue weighted by Crippen LogP contribution is -3.00. The molecule has 0 spiro atoms. The number of para-hydroxylation sites is 1. The zero-order valence-electron chi connectivity index (χ0n) is 14.8. The normalized spacial score (nSPS) is 10.5. The SMILES string of the molecule is COc1cccc2sc(NCC(=O)c3ccc(OC(C)C)cc3)nc12.[Br-]. The molecule has 0 aliphatic heterocycles. The molecular weight excluding hydrogens is 416 g/mol. The van der Waals surface area contributed by atoms with Crippen LogP contribution < -0.4 is 31.8 Å². The minimum absolute atomic E-state index is 0. The largest absolute Gasteiger partial charge is 1.00 e. The molecule has 5 nitrogen and oxygen atoms in total. The predicted molar refractivity (Wildman–Crippen MR) is 101 cm³/mol. The second-order valence-electron chi connectivity index (χ2n) is 5.79. The number of anilines is 1. The molecule has 3 rings (SSSR count). The highest BCUT2D eigenvalue weighted by Gasteiger charge is 2.11. The van der Waals surface area contributed by atoms with Crippen molar-refractivity contribution in [2.75, 3.05) is 19.0 Å². The van der Waals surface area contributed by atoms with Gasteiger partial charge in [0, 0.05) is 5.56 Å². The van der Waals surface area contributed by atoms with E-state index in [0.29, 0.717) is 10.7 Å². The van der Waals surface area contributed by atoms with Crippen LogP contribution in [0.5, 0.6) is 11.5 Å². The molecule has 0 aliphatic carbocycles. The molecule has 0 radical (unpaired) electrons. The maximum atomic E-state index is 12.3. The molecule has 0 saturated carbocycles. The van der Waals surface area contributed by atoms with Gasteiger partial charge in [-0.1, -0.05) is 17.4 Å². The monoisotopic (exact) mass is 435 g/mol. The van der Waals surface area contributed by atoms with Gasteiger partial charge in [-0.3, -0.25) is 4.79 Å². The lowest BCUT2D eigenvalue weighted by molar-refractivity contribution is -0.0000143. The third kappa shape index (κ3) is 4.74. The van der Waals surface area contributed by atoms with E-state index < -0.39 is 0 Å². The summed E-state index contributed by atoms with van der Waals surface area (Å²) in [6, 6.07) is 13.0. The van der Waals surface area contributed by atoms with E-state index in [0.717, 1.165) is 21.7 Å². The molecule has 1 aromatic heterocycles. The summed E-state index contributed by atoms with van der Waals surface area (Å²) in [6.45, 7) is 4.12. The zero-order chi connectivity index (χ0) is 17.8. The van der Waals surface area contributed by atoms with Crippen LogP contribution in [0, 0.1) is 0 Å². The van der Waals surface area contributed by atoms with Crippen molar-refractivity contribution in [3.05, 3.63) is 48.0 Å². The Morgan fingerprint density at radius 1 is 1.19 bits per heavy atom. The molecule has 138 valence electrons. The quantitative estimate of drug-likeness (QED) is 0.568.